The van der Waals surface area contributed by atoms with Crippen LogP contribution in [0.3, 0.4) is 0 Å². The monoisotopic (exact) mass is 259 g/mol. The number of aryl methyl sites for hydroxylation is 2. The second kappa shape index (κ2) is 4.78. The third-order valence-corrected chi connectivity index (χ3v) is 4.15. The van der Waals surface area contributed by atoms with Crippen LogP contribution in [0, 0.1) is 5.82 Å². The van der Waals surface area contributed by atoms with Crippen molar-refractivity contribution in [1.82, 2.24) is 15.1 Å². The van der Waals surface area contributed by atoms with Crippen molar-refractivity contribution in [1.29, 1.82) is 0 Å². The van der Waals surface area contributed by atoms with E-state index in [4.69, 9.17) is 0 Å². The van der Waals surface area contributed by atoms with Crippen molar-refractivity contribution in [3.05, 3.63) is 53.6 Å². The van der Waals surface area contributed by atoms with Crippen molar-refractivity contribution in [2.24, 2.45) is 7.05 Å². The Labute approximate surface area is 112 Å². The molecule has 0 radical (unpaired) electrons. The van der Waals surface area contributed by atoms with Crippen LogP contribution in [-0.4, -0.2) is 22.9 Å². The highest BCUT2D eigenvalue weighted by Crippen LogP contribution is 2.33. The first-order chi connectivity index (χ1) is 9.20. The highest BCUT2D eigenvalue weighted by atomic mass is 19.1. The van der Waals surface area contributed by atoms with Gasteiger partial charge in [-0.1, -0.05) is 12.1 Å². The van der Waals surface area contributed by atoms with Crippen LogP contribution in [0.15, 0.2) is 36.5 Å². The van der Waals surface area contributed by atoms with Crippen molar-refractivity contribution >= 4 is 0 Å². The number of halogens is 1. The smallest absolute Gasteiger partial charge is 0.123 e. The summed E-state index contributed by atoms with van der Waals surface area (Å²) in [7, 11) is 1.96. The Hall–Kier alpha value is -1.68. The van der Waals surface area contributed by atoms with Gasteiger partial charge < -0.3 is 5.32 Å². The second-order valence-electron chi connectivity index (χ2n) is 5.34. The van der Waals surface area contributed by atoms with Gasteiger partial charge in [0, 0.05) is 37.4 Å². The van der Waals surface area contributed by atoms with Crippen LogP contribution < -0.4 is 5.32 Å². The molecule has 3 rings (SSSR count). The Balaban J connectivity index is 1.78. The third-order valence-electron chi connectivity index (χ3n) is 4.15. The zero-order valence-corrected chi connectivity index (χ0v) is 11.1. The van der Waals surface area contributed by atoms with Crippen molar-refractivity contribution < 1.29 is 4.39 Å². The summed E-state index contributed by atoms with van der Waals surface area (Å²) in [5, 5.41) is 7.51. The highest BCUT2D eigenvalue weighted by Gasteiger charge is 2.38. The lowest BCUT2D eigenvalue weighted by Gasteiger charge is -2.43. The lowest BCUT2D eigenvalue weighted by atomic mass is 9.71. The summed E-state index contributed by atoms with van der Waals surface area (Å²) in [5.41, 5.74) is 2.41. The predicted octanol–water partition coefficient (Wildman–Crippen LogP) is 2.03. The number of hydrogen-bond donors (Lipinski definition) is 1. The van der Waals surface area contributed by atoms with Crippen LogP contribution in [-0.2, 0) is 18.9 Å². The van der Waals surface area contributed by atoms with Gasteiger partial charge in [0.2, 0.25) is 0 Å². The maximum atomic E-state index is 13.4. The van der Waals surface area contributed by atoms with E-state index in [2.05, 4.69) is 10.4 Å². The summed E-state index contributed by atoms with van der Waals surface area (Å²) in [6, 6.07) is 9.06. The van der Waals surface area contributed by atoms with Gasteiger partial charge in [-0.05, 0) is 36.6 Å². The Morgan fingerprint density at radius 3 is 2.79 bits per heavy atom. The van der Waals surface area contributed by atoms with Crippen LogP contribution in [0.1, 0.15) is 17.7 Å². The largest absolute Gasteiger partial charge is 0.315 e. The van der Waals surface area contributed by atoms with Gasteiger partial charge >= 0.3 is 0 Å². The molecule has 100 valence electrons. The summed E-state index contributed by atoms with van der Waals surface area (Å²) in [6.45, 7) is 1.85. The van der Waals surface area contributed by atoms with E-state index in [1.165, 1.54) is 11.8 Å². The molecule has 0 unspecified atom stereocenters. The number of rotatable bonds is 4. The number of hydrogen-bond acceptors (Lipinski definition) is 2. The topological polar surface area (TPSA) is 29.9 Å². The van der Waals surface area contributed by atoms with Gasteiger partial charge in [-0.2, -0.15) is 5.10 Å². The number of benzene rings is 1. The maximum absolute atomic E-state index is 13.4. The SMILES string of the molecule is Cn1nccc1CCC1(c2cccc(F)c2)CNC1. The van der Waals surface area contributed by atoms with Gasteiger partial charge in [0.25, 0.3) is 0 Å². The van der Waals surface area contributed by atoms with Crippen LogP contribution in [0.5, 0.6) is 0 Å². The normalized spacial score (nSPS) is 17.2. The van der Waals surface area contributed by atoms with Gasteiger partial charge in [0.1, 0.15) is 5.82 Å². The molecule has 1 fully saturated rings. The minimum absolute atomic E-state index is 0.0758. The van der Waals surface area contributed by atoms with Gasteiger partial charge in [0.15, 0.2) is 0 Å². The predicted molar refractivity (Wildman–Crippen MR) is 72.5 cm³/mol. The van der Waals surface area contributed by atoms with E-state index in [1.807, 2.05) is 30.1 Å². The molecule has 0 atom stereocenters. The third kappa shape index (κ3) is 2.28. The zero-order valence-electron chi connectivity index (χ0n) is 11.1. The molecule has 0 aliphatic carbocycles. The van der Waals surface area contributed by atoms with Gasteiger partial charge in [0.05, 0.1) is 0 Å². The summed E-state index contributed by atoms with van der Waals surface area (Å²) in [5.74, 6) is -0.149. The first kappa shape index (κ1) is 12.4. The van der Waals surface area contributed by atoms with E-state index in [1.54, 1.807) is 12.1 Å². The molecule has 1 aromatic carbocycles. The van der Waals surface area contributed by atoms with Crippen molar-refractivity contribution in [2.45, 2.75) is 18.3 Å². The Bertz CT molecular complexity index is 572. The zero-order chi connectivity index (χ0) is 13.3. The molecule has 2 heterocycles. The number of nitrogens with zero attached hydrogens (tertiary/aromatic N) is 2. The molecule has 1 saturated heterocycles. The molecule has 3 nitrogen and oxygen atoms in total. The first-order valence-electron chi connectivity index (χ1n) is 6.63. The van der Waals surface area contributed by atoms with E-state index in [0.717, 1.165) is 31.5 Å². The summed E-state index contributed by atoms with van der Waals surface area (Å²) in [4.78, 5) is 0. The van der Waals surface area contributed by atoms with E-state index in [0.29, 0.717) is 0 Å². The lowest BCUT2D eigenvalue weighted by Crippen LogP contribution is -2.57. The molecule has 1 aromatic heterocycles. The van der Waals surface area contributed by atoms with Crippen LogP contribution in [0.4, 0.5) is 4.39 Å². The van der Waals surface area contributed by atoms with E-state index < -0.39 is 0 Å². The average molecular weight is 259 g/mol. The van der Waals surface area contributed by atoms with E-state index >= 15 is 0 Å². The molecule has 19 heavy (non-hydrogen) atoms. The minimum Gasteiger partial charge on any atom is -0.315 e. The average Bonchev–Trinajstić information content (AvgIpc) is 2.74. The van der Waals surface area contributed by atoms with E-state index in [9.17, 15) is 4.39 Å². The lowest BCUT2D eigenvalue weighted by molar-refractivity contribution is 0.255. The molecule has 1 aliphatic rings. The molecule has 0 spiro atoms. The maximum Gasteiger partial charge on any atom is 0.123 e. The van der Waals surface area contributed by atoms with Gasteiger partial charge in [-0.15, -0.1) is 0 Å². The molecular formula is C15H18FN3. The first-order valence-corrected chi connectivity index (χ1v) is 6.63. The fraction of sp³-hybridized carbons (Fsp3) is 0.400. The highest BCUT2D eigenvalue weighted by molar-refractivity contribution is 5.30. The molecule has 0 bridgehead atoms. The number of aromatic nitrogens is 2. The van der Waals surface area contributed by atoms with Crippen molar-refractivity contribution in [3.63, 3.8) is 0 Å². The number of nitrogens with one attached hydrogen (secondary N) is 1. The van der Waals surface area contributed by atoms with Crippen LogP contribution in [0.2, 0.25) is 0 Å². The van der Waals surface area contributed by atoms with Crippen molar-refractivity contribution in [2.75, 3.05) is 13.1 Å². The standard InChI is InChI=1S/C15H18FN3/c1-19-14(6-8-18-19)5-7-15(10-17-11-15)12-3-2-4-13(16)9-12/h2-4,6,8-9,17H,5,7,10-11H2,1H3. The molecule has 1 aliphatic heterocycles. The fourth-order valence-corrected chi connectivity index (χ4v) is 2.78. The van der Waals surface area contributed by atoms with Gasteiger partial charge in [-0.25, -0.2) is 4.39 Å². The Morgan fingerprint density at radius 1 is 1.37 bits per heavy atom. The second-order valence-corrected chi connectivity index (χ2v) is 5.34. The van der Waals surface area contributed by atoms with E-state index in [-0.39, 0.29) is 11.2 Å². The minimum atomic E-state index is -0.149. The van der Waals surface area contributed by atoms with Crippen molar-refractivity contribution in [3.8, 4) is 0 Å². The van der Waals surface area contributed by atoms with Crippen LogP contribution >= 0.6 is 0 Å². The molecule has 0 amide bonds. The van der Waals surface area contributed by atoms with Crippen LogP contribution in [0.25, 0.3) is 0 Å². The molecule has 1 N–H and O–H groups in total. The molecule has 2 aromatic rings. The Morgan fingerprint density at radius 2 is 2.21 bits per heavy atom. The molecule has 0 saturated carbocycles. The van der Waals surface area contributed by atoms with Gasteiger partial charge in [-0.3, -0.25) is 4.68 Å². The molecule has 4 heteroatoms. The molecular weight excluding hydrogens is 241 g/mol. The summed E-state index contributed by atoms with van der Waals surface area (Å²) < 4.78 is 15.3. The fourth-order valence-electron chi connectivity index (χ4n) is 2.78. The summed E-state index contributed by atoms with van der Waals surface area (Å²) >= 11 is 0. The quantitative estimate of drug-likeness (QED) is 0.910. The summed E-state index contributed by atoms with van der Waals surface area (Å²) in [6.07, 6.45) is 3.81. The Kier molecular flexibility index (Phi) is 3.11.